The standard InChI is InChI=1S/C29H28N4O6S/c1-6-39-28(36)24-17(3)30-29-32(25(24)20-13-12-19(37-4)14-22(20)38-5)27(35)23(40-29)15-21-16(2)31-33(26(21)34)18-10-8-7-9-11-18/h7-15,21,25H,6H2,1-5H3/b23-15+/t21-,25-/m0/s1. The van der Waals surface area contributed by atoms with Crippen LogP contribution in [-0.2, 0) is 14.3 Å². The van der Waals surface area contributed by atoms with Crippen LogP contribution in [0.2, 0.25) is 0 Å². The molecule has 2 aliphatic heterocycles. The van der Waals surface area contributed by atoms with Gasteiger partial charge in [0.2, 0.25) is 0 Å². The summed E-state index contributed by atoms with van der Waals surface area (Å²) < 4.78 is 18.1. The van der Waals surface area contributed by atoms with Crippen LogP contribution in [0.3, 0.4) is 0 Å². The molecule has 0 radical (unpaired) electrons. The number of amides is 1. The Hall–Kier alpha value is -4.51. The third-order valence-corrected chi connectivity index (χ3v) is 7.75. The summed E-state index contributed by atoms with van der Waals surface area (Å²) in [7, 11) is 3.05. The Morgan fingerprint density at radius 3 is 2.50 bits per heavy atom. The number of aromatic nitrogens is 1. The molecule has 3 heterocycles. The number of nitrogens with zero attached hydrogens (tertiary/aromatic N) is 4. The van der Waals surface area contributed by atoms with Gasteiger partial charge in [-0.2, -0.15) is 10.1 Å². The molecular weight excluding hydrogens is 532 g/mol. The lowest BCUT2D eigenvalue weighted by Crippen LogP contribution is -2.40. The summed E-state index contributed by atoms with van der Waals surface area (Å²) in [6.45, 7) is 5.34. The fourth-order valence-electron chi connectivity index (χ4n) is 4.82. The number of rotatable bonds is 7. The molecule has 0 saturated heterocycles. The number of carbonyl (C=O) groups excluding carboxylic acids is 2. The lowest BCUT2D eigenvalue weighted by molar-refractivity contribution is -0.139. The first-order chi connectivity index (χ1) is 19.3. The van der Waals surface area contributed by atoms with Gasteiger partial charge >= 0.3 is 5.97 Å². The predicted molar refractivity (Wildman–Crippen MR) is 151 cm³/mol. The van der Waals surface area contributed by atoms with Crippen LogP contribution in [0.25, 0.3) is 6.08 Å². The molecule has 0 spiro atoms. The fourth-order valence-corrected chi connectivity index (χ4v) is 5.88. The zero-order valence-corrected chi connectivity index (χ0v) is 23.5. The molecule has 1 aromatic heterocycles. The van der Waals surface area contributed by atoms with Crippen molar-refractivity contribution in [2.45, 2.75) is 26.8 Å². The lowest BCUT2D eigenvalue weighted by atomic mass is 9.95. The SMILES string of the molecule is CCOC(=O)C1=C(C)N=c2s/c(=C/[C@@H]3C(=O)N(c4ccccc4)N=C3C)c(=O)n2[C@H]1c1ccc(OC)cc1OC. The number of fused-ring (bicyclic) bond motifs is 1. The van der Waals surface area contributed by atoms with Gasteiger partial charge in [0.05, 0.1) is 48.0 Å². The molecule has 0 unspecified atom stereocenters. The topological polar surface area (TPSA) is 112 Å². The van der Waals surface area contributed by atoms with Crippen LogP contribution in [-0.4, -0.2) is 43.0 Å². The third kappa shape index (κ3) is 4.62. The smallest absolute Gasteiger partial charge is 0.338 e. The Kier molecular flexibility index (Phi) is 7.40. The normalized spacial score (nSPS) is 18.8. The maximum Gasteiger partial charge on any atom is 0.338 e. The monoisotopic (exact) mass is 560 g/mol. The van der Waals surface area contributed by atoms with Gasteiger partial charge in [-0.15, -0.1) is 0 Å². The fraction of sp³-hybridized carbons (Fsp3) is 0.276. The van der Waals surface area contributed by atoms with E-state index in [1.54, 1.807) is 64.3 Å². The van der Waals surface area contributed by atoms with Gasteiger partial charge in [0, 0.05) is 11.6 Å². The number of ether oxygens (including phenoxy) is 3. The molecule has 1 amide bonds. The van der Waals surface area contributed by atoms with Crippen LogP contribution < -0.4 is 29.4 Å². The maximum absolute atomic E-state index is 14.0. The van der Waals surface area contributed by atoms with Crippen LogP contribution in [0.5, 0.6) is 11.5 Å². The van der Waals surface area contributed by atoms with E-state index in [4.69, 9.17) is 14.2 Å². The van der Waals surface area contributed by atoms with Gasteiger partial charge in [-0.1, -0.05) is 29.5 Å². The van der Waals surface area contributed by atoms with Gasteiger partial charge in [0.15, 0.2) is 4.80 Å². The Balaban J connectivity index is 1.67. The van der Waals surface area contributed by atoms with E-state index in [1.807, 2.05) is 18.2 Å². The highest BCUT2D eigenvalue weighted by atomic mass is 32.1. The number of allylic oxidation sites excluding steroid dienone is 1. The average Bonchev–Trinajstić information content (AvgIpc) is 3.42. The Morgan fingerprint density at radius 2 is 1.82 bits per heavy atom. The summed E-state index contributed by atoms with van der Waals surface area (Å²) in [5.41, 5.74) is 2.05. The summed E-state index contributed by atoms with van der Waals surface area (Å²) in [4.78, 5) is 45.5. The molecule has 0 fully saturated rings. The highest BCUT2D eigenvalue weighted by Crippen LogP contribution is 2.37. The van der Waals surface area contributed by atoms with E-state index in [0.29, 0.717) is 43.5 Å². The molecule has 10 nitrogen and oxygen atoms in total. The van der Waals surface area contributed by atoms with Crippen molar-refractivity contribution in [3.05, 3.63) is 85.1 Å². The lowest BCUT2D eigenvalue weighted by Gasteiger charge is -2.26. The number of methoxy groups -OCH3 is 2. The third-order valence-electron chi connectivity index (χ3n) is 6.75. The van der Waals surface area contributed by atoms with Gasteiger partial charge in [0.25, 0.3) is 11.5 Å². The number of anilines is 1. The molecular formula is C29H28N4O6S. The summed E-state index contributed by atoms with van der Waals surface area (Å²) in [6, 6.07) is 13.4. The maximum atomic E-state index is 14.0. The second kappa shape index (κ2) is 10.9. The first-order valence-corrected chi connectivity index (χ1v) is 13.5. The second-order valence-electron chi connectivity index (χ2n) is 9.14. The van der Waals surface area contributed by atoms with E-state index >= 15 is 0 Å². The van der Waals surface area contributed by atoms with Crippen LogP contribution in [0.15, 0.2) is 74.7 Å². The summed E-state index contributed by atoms with van der Waals surface area (Å²) in [5, 5.41) is 5.79. The van der Waals surface area contributed by atoms with E-state index in [2.05, 4.69) is 10.1 Å². The minimum atomic E-state index is -0.867. The minimum Gasteiger partial charge on any atom is -0.497 e. The summed E-state index contributed by atoms with van der Waals surface area (Å²) in [6.07, 6.45) is 1.62. The largest absolute Gasteiger partial charge is 0.497 e. The average molecular weight is 561 g/mol. The zero-order chi connectivity index (χ0) is 28.6. The van der Waals surface area contributed by atoms with Gasteiger partial charge in [-0.05, 0) is 51.1 Å². The zero-order valence-electron chi connectivity index (χ0n) is 22.7. The van der Waals surface area contributed by atoms with Crippen molar-refractivity contribution in [3.8, 4) is 11.5 Å². The number of esters is 1. The van der Waals surface area contributed by atoms with Crippen molar-refractivity contribution in [1.29, 1.82) is 0 Å². The summed E-state index contributed by atoms with van der Waals surface area (Å²) in [5.74, 6) is -0.562. The van der Waals surface area contributed by atoms with Crippen molar-refractivity contribution >= 4 is 40.7 Å². The first kappa shape index (κ1) is 27.1. The Morgan fingerprint density at radius 1 is 1.07 bits per heavy atom. The van der Waals surface area contributed by atoms with E-state index in [1.165, 1.54) is 16.7 Å². The number of benzene rings is 2. The number of hydrazone groups is 1. The molecule has 5 rings (SSSR count). The second-order valence-corrected chi connectivity index (χ2v) is 10.1. The highest BCUT2D eigenvalue weighted by Gasteiger charge is 2.37. The van der Waals surface area contributed by atoms with Crippen LogP contribution in [0, 0.1) is 5.92 Å². The molecule has 0 saturated carbocycles. The highest BCUT2D eigenvalue weighted by molar-refractivity contribution is 7.07. The van der Waals surface area contributed by atoms with Crippen LogP contribution in [0.4, 0.5) is 5.69 Å². The minimum absolute atomic E-state index is 0.160. The molecule has 2 aliphatic rings. The van der Waals surface area contributed by atoms with Crippen LogP contribution >= 0.6 is 11.3 Å². The van der Waals surface area contributed by atoms with Crippen LogP contribution in [0.1, 0.15) is 32.4 Å². The van der Waals surface area contributed by atoms with E-state index in [-0.39, 0.29) is 23.6 Å². The summed E-state index contributed by atoms with van der Waals surface area (Å²) >= 11 is 1.15. The van der Waals surface area contributed by atoms with E-state index < -0.39 is 17.9 Å². The van der Waals surface area contributed by atoms with Crippen molar-refractivity contribution in [2.75, 3.05) is 25.8 Å². The van der Waals surface area contributed by atoms with Gasteiger partial charge < -0.3 is 14.2 Å². The van der Waals surface area contributed by atoms with E-state index in [9.17, 15) is 14.4 Å². The predicted octanol–water partition coefficient (Wildman–Crippen LogP) is 2.81. The molecule has 0 aliphatic carbocycles. The van der Waals surface area contributed by atoms with Crippen molar-refractivity contribution < 1.29 is 23.8 Å². The number of para-hydroxylation sites is 1. The number of carbonyl (C=O) groups is 2. The quantitative estimate of drug-likeness (QED) is 0.411. The molecule has 11 heteroatoms. The number of thiazole rings is 1. The Labute approximate surface area is 234 Å². The molecule has 40 heavy (non-hydrogen) atoms. The van der Waals surface area contributed by atoms with E-state index in [0.717, 1.165) is 11.3 Å². The molecule has 2 aromatic carbocycles. The molecule has 3 aromatic rings. The number of hydrogen-bond donors (Lipinski definition) is 0. The molecule has 206 valence electrons. The van der Waals surface area contributed by atoms with Crippen molar-refractivity contribution in [2.24, 2.45) is 16.0 Å². The number of hydrogen-bond acceptors (Lipinski definition) is 9. The molecule has 2 atom stereocenters. The first-order valence-electron chi connectivity index (χ1n) is 12.6. The Bertz CT molecular complexity index is 1740. The van der Waals surface area contributed by atoms with Crippen molar-refractivity contribution in [3.63, 3.8) is 0 Å². The van der Waals surface area contributed by atoms with Gasteiger partial charge in [-0.25, -0.2) is 9.79 Å². The van der Waals surface area contributed by atoms with Crippen molar-refractivity contribution in [1.82, 2.24) is 4.57 Å². The molecule has 0 bridgehead atoms. The van der Waals surface area contributed by atoms with Gasteiger partial charge in [-0.3, -0.25) is 14.2 Å². The van der Waals surface area contributed by atoms with Gasteiger partial charge in [0.1, 0.15) is 23.5 Å². The molecule has 0 N–H and O–H groups in total.